The highest BCUT2D eigenvalue weighted by molar-refractivity contribution is 5.96. The number of nitrogens with zero attached hydrogens (tertiary/aromatic N) is 3. The number of non-ortho nitro benzene ring substituents is 1. The summed E-state index contributed by atoms with van der Waals surface area (Å²) < 4.78 is 0. The maximum Gasteiger partial charge on any atom is 0.274 e. The second-order valence-corrected chi connectivity index (χ2v) is 4.58. The fourth-order valence-electron chi connectivity index (χ4n) is 2.03. The lowest BCUT2D eigenvalue weighted by atomic mass is 10.0. The topological polar surface area (TPSA) is 124 Å². The number of nitro benzene ring substituents is 1. The van der Waals surface area contributed by atoms with Gasteiger partial charge in [0.05, 0.1) is 11.0 Å². The highest BCUT2D eigenvalue weighted by atomic mass is 16.6. The van der Waals surface area contributed by atoms with Crippen molar-refractivity contribution in [1.82, 2.24) is 15.3 Å². The molecule has 114 valence electrons. The van der Waals surface area contributed by atoms with E-state index in [4.69, 9.17) is 5.73 Å². The van der Waals surface area contributed by atoms with Crippen molar-refractivity contribution in [2.24, 2.45) is 0 Å². The van der Waals surface area contributed by atoms with Crippen LogP contribution in [0, 0.1) is 10.1 Å². The average Bonchev–Trinajstić information content (AvgIpc) is 2.52. The summed E-state index contributed by atoms with van der Waals surface area (Å²) in [5, 5.41) is 13.6. The molecular weight excluding hydrogens is 286 g/mol. The minimum absolute atomic E-state index is 0.0239. The number of amides is 1. The van der Waals surface area contributed by atoms with Crippen LogP contribution in [0.1, 0.15) is 35.4 Å². The molecule has 2 aromatic rings. The van der Waals surface area contributed by atoms with Gasteiger partial charge < -0.3 is 11.1 Å². The molecule has 0 aliphatic carbocycles. The zero-order valence-electron chi connectivity index (χ0n) is 11.9. The van der Waals surface area contributed by atoms with Crippen LogP contribution in [0.2, 0.25) is 0 Å². The van der Waals surface area contributed by atoms with Gasteiger partial charge in [0.2, 0.25) is 0 Å². The molecule has 0 saturated carbocycles. The summed E-state index contributed by atoms with van der Waals surface area (Å²) in [6, 6.07) is 5.77. The number of anilines is 1. The molecule has 1 aromatic heterocycles. The van der Waals surface area contributed by atoms with Crippen LogP contribution in [0.3, 0.4) is 0 Å². The van der Waals surface area contributed by atoms with Gasteiger partial charge in [0.15, 0.2) is 11.5 Å². The first kappa shape index (κ1) is 15.4. The number of nitrogen functional groups attached to an aromatic ring is 1. The van der Waals surface area contributed by atoms with Gasteiger partial charge in [0.25, 0.3) is 11.6 Å². The number of nitrogens with two attached hydrogens (primary N) is 1. The first-order chi connectivity index (χ1) is 10.5. The summed E-state index contributed by atoms with van der Waals surface area (Å²) in [4.78, 5) is 30.3. The fourth-order valence-corrected chi connectivity index (χ4v) is 2.03. The van der Waals surface area contributed by atoms with Gasteiger partial charge in [-0.3, -0.25) is 14.9 Å². The van der Waals surface area contributed by atoms with E-state index in [1.807, 2.05) is 6.92 Å². The third-order valence-corrected chi connectivity index (χ3v) is 3.14. The Morgan fingerprint density at radius 1 is 1.41 bits per heavy atom. The monoisotopic (exact) mass is 301 g/mol. The number of carbonyl (C=O) groups excluding carboxylic acids is 1. The lowest BCUT2D eigenvalue weighted by Gasteiger charge is -2.17. The molecule has 0 saturated heterocycles. The Kier molecular flexibility index (Phi) is 4.62. The zero-order chi connectivity index (χ0) is 16.1. The van der Waals surface area contributed by atoms with Crippen LogP contribution in [0.15, 0.2) is 36.7 Å². The first-order valence-electron chi connectivity index (χ1n) is 6.64. The van der Waals surface area contributed by atoms with E-state index in [2.05, 4.69) is 15.3 Å². The number of aromatic nitrogens is 2. The number of nitro groups is 1. The summed E-state index contributed by atoms with van der Waals surface area (Å²) >= 11 is 0. The van der Waals surface area contributed by atoms with Crippen molar-refractivity contribution >= 4 is 17.4 Å². The van der Waals surface area contributed by atoms with Crippen molar-refractivity contribution in [2.45, 2.75) is 19.4 Å². The number of rotatable bonds is 5. The maximum absolute atomic E-state index is 12.2. The number of nitrogens with one attached hydrogen (secondary N) is 1. The van der Waals surface area contributed by atoms with Crippen molar-refractivity contribution in [2.75, 3.05) is 5.73 Å². The summed E-state index contributed by atoms with van der Waals surface area (Å²) in [6.45, 7) is 1.86. The molecule has 0 fully saturated rings. The van der Waals surface area contributed by atoms with Crippen molar-refractivity contribution in [3.63, 3.8) is 0 Å². The quantitative estimate of drug-likeness (QED) is 0.641. The predicted octanol–water partition coefficient (Wildman–Crippen LogP) is 1.85. The maximum atomic E-state index is 12.2. The summed E-state index contributed by atoms with van der Waals surface area (Å²) in [5.41, 5.74) is 6.27. The highest BCUT2D eigenvalue weighted by Gasteiger charge is 2.19. The molecule has 1 heterocycles. The Labute approximate surface area is 126 Å². The third kappa shape index (κ3) is 3.35. The average molecular weight is 301 g/mol. The van der Waals surface area contributed by atoms with Crippen molar-refractivity contribution in [3.8, 4) is 0 Å². The van der Waals surface area contributed by atoms with E-state index in [1.165, 1.54) is 24.5 Å². The largest absolute Gasteiger partial charge is 0.382 e. The van der Waals surface area contributed by atoms with Gasteiger partial charge in [0, 0.05) is 24.5 Å². The van der Waals surface area contributed by atoms with E-state index in [0.717, 1.165) is 0 Å². The summed E-state index contributed by atoms with van der Waals surface area (Å²) in [6.07, 6.45) is 3.33. The van der Waals surface area contributed by atoms with Crippen molar-refractivity contribution in [1.29, 1.82) is 0 Å². The second-order valence-electron chi connectivity index (χ2n) is 4.58. The SMILES string of the molecule is CCC(NC(=O)c1nccnc1N)c1cccc([N+](=O)[O-])c1. The minimum Gasteiger partial charge on any atom is -0.382 e. The van der Waals surface area contributed by atoms with Crippen LogP contribution in [0.5, 0.6) is 0 Å². The van der Waals surface area contributed by atoms with Crippen molar-refractivity contribution < 1.29 is 9.72 Å². The third-order valence-electron chi connectivity index (χ3n) is 3.14. The Balaban J connectivity index is 2.22. The number of benzene rings is 1. The molecule has 22 heavy (non-hydrogen) atoms. The standard InChI is InChI=1S/C14H15N5O3/c1-2-11(9-4-3-5-10(8-9)19(21)22)18-14(20)12-13(15)17-7-6-16-12/h3-8,11H,2H2,1H3,(H2,15,17)(H,18,20). The zero-order valence-corrected chi connectivity index (χ0v) is 11.9. The van der Waals surface area contributed by atoms with E-state index < -0.39 is 10.8 Å². The Morgan fingerprint density at radius 3 is 2.77 bits per heavy atom. The molecular formula is C14H15N5O3. The Morgan fingerprint density at radius 2 is 2.14 bits per heavy atom. The molecule has 3 N–H and O–H groups in total. The fraction of sp³-hybridized carbons (Fsp3) is 0.214. The molecule has 1 unspecified atom stereocenters. The molecule has 0 aliphatic heterocycles. The molecule has 0 spiro atoms. The van der Waals surface area contributed by atoms with Crippen LogP contribution in [0.25, 0.3) is 0 Å². The summed E-state index contributed by atoms with van der Waals surface area (Å²) in [5.74, 6) is -0.433. The van der Waals surface area contributed by atoms with Crippen LogP contribution >= 0.6 is 0 Å². The summed E-state index contributed by atoms with van der Waals surface area (Å²) in [7, 11) is 0. The molecule has 0 radical (unpaired) electrons. The Hall–Kier alpha value is -3.03. The molecule has 0 aliphatic rings. The van der Waals surface area contributed by atoms with Gasteiger partial charge in [-0.15, -0.1) is 0 Å². The molecule has 2 rings (SSSR count). The molecule has 1 atom stereocenters. The van der Waals surface area contributed by atoms with E-state index in [-0.39, 0.29) is 23.2 Å². The lowest BCUT2D eigenvalue weighted by Crippen LogP contribution is -2.29. The number of hydrogen-bond acceptors (Lipinski definition) is 6. The first-order valence-corrected chi connectivity index (χ1v) is 6.64. The molecule has 1 amide bonds. The van der Waals surface area contributed by atoms with E-state index >= 15 is 0 Å². The Bertz CT molecular complexity index is 704. The molecule has 0 bridgehead atoms. The highest BCUT2D eigenvalue weighted by Crippen LogP contribution is 2.22. The molecule has 8 nitrogen and oxygen atoms in total. The normalized spacial score (nSPS) is 11.7. The lowest BCUT2D eigenvalue weighted by molar-refractivity contribution is -0.384. The number of hydrogen-bond donors (Lipinski definition) is 2. The van der Waals surface area contributed by atoms with E-state index in [1.54, 1.807) is 12.1 Å². The van der Waals surface area contributed by atoms with Gasteiger partial charge in [-0.05, 0) is 12.0 Å². The predicted molar refractivity (Wildman–Crippen MR) is 80.0 cm³/mol. The van der Waals surface area contributed by atoms with Gasteiger partial charge in [-0.25, -0.2) is 9.97 Å². The van der Waals surface area contributed by atoms with Crippen LogP contribution < -0.4 is 11.1 Å². The van der Waals surface area contributed by atoms with Gasteiger partial charge in [0.1, 0.15) is 0 Å². The number of carbonyl (C=O) groups is 1. The second kappa shape index (κ2) is 6.61. The van der Waals surface area contributed by atoms with Crippen LogP contribution in [0.4, 0.5) is 11.5 Å². The van der Waals surface area contributed by atoms with E-state index in [9.17, 15) is 14.9 Å². The van der Waals surface area contributed by atoms with E-state index in [0.29, 0.717) is 12.0 Å². The molecule has 1 aromatic carbocycles. The molecule has 8 heteroatoms. The van der Waals surface area contributed by atoms with Crippen LogP contribution in [-0.4, -0.2) is 20.8 Å². The van der Waals surface area contributed by atoms with Gasteiger partial charge in [-0.2, -0.15) is 0 Å². The van der Waals surface area contributed by atoms with Gasteiger partial charge in [-0.1, -0.05) is 19.1 Å². The smallest absolute Gasteiger partial charge is 0.274 e. The van der Waals surface area contributed by atoms with Crippen molar-refractivity contribution in [3.05, 3.63) is 58.0 Å². The van der Waals surface area contributed by atoms with Crippen LogP contribution in [-0.2, 0) is 0 Å². The minimum atomic E-state index is -0.474. The van der Waals surface area contributed by atoms with Gasteiger partial charge >= 0.3 is 0 Å².